The van der Waals surface area contributed by atoms with Crippen LogP contribution in [0.25, 0.3) is 0 Å². The van der Waals surface area contributed by atoms with Gasteiger partial charge >= 0.3 is 0 Å². The van der Waals surface area contributed by atoms with Crippen LogP contribution in [0.1, 0.15) is 11.1 Å². The molecule has 2 nitrogen and oxygen atoms in total. The number of aryl methyl sites for hydroxylation is 1. The largest absolute Gasteiger partial charge is 0.497 e. The highest BCUT2D eigenvalue weighted by Gasteiger charge is 2.02. The zero-order chi connectivity index (χ0) is 13.0. The second-order valence-electron chi connectivity index (χ2n) is 4.05. The van der Waals surface area contributed by atoms with Gasteiger partial charge in [-0.1, -0.05) is 12.1 Å². The van der Waals surface area contributed by atoms with Crippen LogP contribution in [0.4, 0.5) is 4.39 Å². The molecule has 0 saturated heterocycles. The van der Waals surface area contributed by atoms with Crippen molar-refractivity contribution in [2.45, 2.75) is 13.5 Å². The van der Waals surface area contributed by atoms with E-state index in [0.717, 1.165) is 16.9 Å². The van der Waals surface area contributed by atoms with Gasteiger partial charge in [0.05, 0.1) is 7.11 Å². The molecule has 0 saturated carbocycles. The van der Waals surface area contributed by atoms with Crippen LogP contribution in [0, 0.1) is 12.7 Å². The zero-order valence-corrected chi connectivity index (χ0v) is 10.4. The van der Waals surface area contributed by atoms with Crippen LogP contribution >= 0.6 is 0 Å². The molecule has 94 valence electrons. The van der Waals surface area contributed by atoms with E-state index in [0.29, 0.717) is 12.4 Å². The van der Waals surface area contributed by atoms with Crippen molar-refractivity contribution in [2.24, 2.45) is 0 Å². The van der Waals surface area contributed by atoms with E-state index in [9.17, 15) is 4.39 Å². The molecular weight excluding hydrogens is 231 g/mol. The minimum Gasteiger partial charge on any atom is -0.497 e. The molecule has 0 unspecified atom stereocenters. The van der Waals surface area contributed by atoms with Gasteiger partial charge in [-0.05, 0) is 48.4 Å². The first-order valence-corrected chi connectivity index (χ1v) is 5.71. The van der Waals surface area contributed by atoms with Crippen molar-refractivity contribution >= 4 is 0 Å². The van der Waals surface area contributed by atoms with E-state index in [1.807, 2.05) is 31.2 Å². The second kappa shape index (κ2) is 5.54. The van der Waals surface area contributed by atoms with Crippen molar-refractivity contribution in [1.82, 2.24) is 0 Å². The Hall–Kier alpha value is -2.03. The number of hydrogen-bond acceptors (Lipinski definition) is 2. The van der Waals surface area contributed by atoms with Crippen LogP contribution in [-0.2, 0) is 6.61 Å². The van der Waals surface area contributed by atoms with Gasteiger partial charge in [0.25, 0.3) is 0 Å². The third-order valence-electron chi connectivity index (χ3n) is 2.69. The maximum atomic E-state index is 12.9. The molecule has 18 heavy (non-hydrogen) atoms. The molecule has 0 heterocycles. The summed E-state index contributed by atoms with van der Waals surface area (Å²) in [6, 6.07) is 12.2. The third kappa shape index (κ3) is 3.00. The number of ether oxygens (including phenoxy) is 2. The van der Waals surface area contributed by atoms with E-state index in [2.05, 4.69) is 0 Å². The molecule has 0 aliphatic heterocycles. The minimum absolute atomic E-state index is 0.246. The van der Waals surface area contributed by atoms with Gasteiger partial charge in [-0.2, -0.15) is 0 Å². The molecule has 0 bridgehead atoms. The van der Waals surface area contributed by atoms with Crippen LogP contribution in [-0.4, -0.2) is 7.11 Å². The summed E-state index contributed by atoms with van der Waals surface area (Å²) in [6.07, 6.45) is 0. The molecule has 0 amide bonds. The molecule has 2 aromatic carbocycles. The van der Waals surface area contributed by atoms with Gasteiger partial charge in [-0.15, -0.1) is 0 Å². The third-order valence-corrected chi connectivity index (χ3v) is 2.69. The molecule has 2 aromatic rings. The zero-order valence-electron chi connectivity index (χ0n) is 10.4. The number of halogens is 1. The smallest absolute Gasteiger partial charge is 0.123 e. The minimum atomic E-state index is -0.246. The predicted octanol–water partition coefficient (Wildman–Crippen LogP) is 3.72. The van der Waals surface area contributed by atoms with Crippen molar-refractivity contribution in [3.63, 3.8) is 0 Å². The number of benzene rings is 2. The van der Waals surface area contributed by atoms with Gasteiger partial charge < -0.3 is 9.47 Å². The molecule has 0 fully saturated rings. The van der Waals surface area contributed by atoms with Gasteiger partial charge in [0.1, 0.15) is 23.9 Å². The normalized spacial score (nSPS) is 10.2. The fraction of sp³-hybridized carbons (Fsp3) is 0.200. The Morgan fingerprint density at radius 2 is 1.78 bits per heavy atom. The lowest BCUT2D eigenvalue weighted by Crippen LogP contribution is -1.97. The van der Waals surface area contributed by atoms with Gasteiger partial charge in [0.15, 0.2) is 0 Å². The van der Waals surface area contributed by atoms with Crippen LogP contribution < -0.4 is 9.47 Å². The molecule has 0 N–H and O–H groups in total. The van der Waals surface area contributed by atoms with Crippen LogP contribution in [0.3, 0.4) is 0 Å². The van der Waals surface area contributed by atoms with Crippen LogP contribution in [0.15, 0.2) is 42.5 Å². The topological polar surface area (TPSA) is 18.5 Å². The van der Waals surface area contributed by atoms with Crippen LogP contribution in [0.5, 0.6) is 11.5 Å². The van der Waals surface area contributed by atoms with E-state index in [-0.39, 0.29) is 5.82 Å². The monoisotopic (exact) mass is 246 g/mol. The Morgan fingerprint density at radius 3 is 2.39 bits per heavy atom. The van der Waals surface area contributed by atoms with E-state index in [1.165, 1.54) is 12.1 Å². The van der Waals surface area contributed by atoms with Gasteiger partial charge in [-0.25, -0.2) is 4.39 Å². The average molecular weight is 246 g/mol. The number of rotatable bonds is 4. The molecule has 0 aliphatic rings. The standard InChI is InChI=1S/C15H15FO2/c1-11-9-13(16)5-8-15(11)18-10-12-3-6-14(17-2)7-4-12/h3-9H,10H2,1-2H3. The first-order valence-electron chi connectivity index (χ1n) is 5.71. The number of methoxy groups -OCH3 is 1. The van der Waals surface area contributed by atoms with Crippen LogP contribution in [0.2, 0.25) is 0 Å². The highest BCUT2D eigenvalue weighted by atomic mass is 19.1. The summed E-state index contributed by atoms with van der Waals surface area (Å²) in [5.41, 5.74) is 1.84. The molecule has 3 heteroatoms. The Balaban J connectivity index is 2.02. The average Bonchev–Trinajstić information content (AvgIpc) is 2.38. The van der Waals surface area contributed by atoms with Crippen molar-refractivity contribution in [2.75, 3.05) is 7.11 Å². The Morgan fingerprint density at radius 1 is 1.06 bits per heavy atom. The first kappa shape index (κ1) is 12.4. The van der Waals surface area contributed by atoms with Crippen molar-refractivity contribution in [3.05, 3.63) is 59.4 Å². The van der Waals surface area contributed by atoms with Gasteiger partial charge in [0.2, 0.25) is 0 Å². The van der Waals surface area contributed by atoms with E-state index >= 15 is 0 Å². The Bertz CT molecular complexity index is 521. The van der Waals surface area contributed by atoms with E-state index in [1.54, 1.807) is 13.2 Å². The fourth-order valence-corrected chi connectivity index (χ4v) is 1.66. The molecule has 2 rings (SSSR count). The van der Waals surface area contributed by atoms with E-state index < -0.39 is 0 Å². The summed E-state index contributed by atoms with van der Waals surface area (Å²) in [4.78, 5) is 0. The summed E-state index contributed by atoms with van der Waals surface area (Å²) in [5.74, 6) is 1.27. The van der Waals surface area contributed by atoms with E-state index in [4.69, 9.17) is 9.47 Å². The predicted molar refractivity (Wildman–Crippen MR) is 68.5 cm³/mol. The highest BCUT2D eigenvalue weighted by molar-refractivity contribution is 5.33. The first-order chi connectivity index (χ1) is 8.69. The lowest BCUT2D eigenvalue weighted by molar-refractivity contribution is 0.303. The fourth-order valence-electron chi connectivity index (χ4n) is 1.66. The maximum absolute atomic E-state index is 12.9. The lowest BCUT2D eigenvalue weighted by atomic mass is 10.2. The lowest BCUT2D eigenvalue weighted by Gasteiger charge is -2.09. The highest BCUT2D eigenvalue weighted by Crippen LogP contribution is 2.20. The summed E-state index contributed by atoms with van der Waals surface area (Å²) in [5, 5.41) is 0. The molecule has 0 aromatic heterocycles. The summed E-state index contributed by atoms with van der Waals surface area (Å²) in [7, 11) is 1.63. The van der Waals surface area contributed by atoms with Gasteiger partial charge in [0, 0.05) is 0 Å². The summed E-state index contributed by atoms with van der Waals surface area (Å²) >= 11 is 0. The number of hydrogen-bond donors (Lipinski definition) is 0. The molecule has 0 spiro atoms. The second-order valence-corrected chi connectivity index (χ2v) is 4.05. The Labute approximate surface area is 106 Å². The summed E-state index contributed by atoms with van der Waals surface area (Å²) in [6.45, 7) is 2.28. The SMILES string of the molecule is COc1ccc(COc2ccc(F)cc2C)cc1. The van der Waals surface area contributed by atoms with Crippen molar-refractivity contribution in [1.29, 1.82) is 0 Å². The molecule has 0 radical (unpaired) electrons. The van der Waals surface area contributed by atoms with Gasteiger partial charge in [-0.3, -0.25) is 0 Å². The van der Waals surface area contributed by atoms with Crippen molar-refractivity contribution in [3.8, 4) is 11.5 Å². The molecule has 0 aliphatic carbocycles. The molecule has 0 atom stereocenters. The Kier molecular flexibility index (Phi) is 3.82. The molecular formula is C15H15FO2. The van der Waals surface area contributed by atoms with Crippen molar-refractivity contribution < 1.29 is 13.9 Å². The quantitative estimate of drug-likeness (QED) is 0.818. The maximum Gasteiger partial charge on any atom is 0.123 e. The summed E-state index contributed by atoms with van der Waals surface area (Å²) < 4.78 is 23.7.